The average Bonchev–Trinajstić information content (AvgIpc) is 3.09. The van der Waals surface area contributed by atoms with Gasteiger partial charge in [-0.05, 0) is 30.9 Å². The Hall–Kier alpha value is -1.55. The van der Waals surface area contributed by atoms with Crippen molar-refractivity contribution in [2.45, 2.75) is 44.6 Å². The van der Waals surface area contributed by atoms with Gasteiger partial charge in [0, 0.05) is 44.2 Å². The van der Waals surface area contributed by atoms with Crippen molar-refractivity contribution in [3.05, 3.63) is 29.8 Å². The van der Waals surface area contributed by atoms with Gasteiger partial charge in [-0.3, -0.25) is 4.79 Å². The van der Waals surface area contributed by atoms with Crippen molar-refractivity contribution >= 4 is 11.6 Å². The summed E-state index contributed by atoms with van der Waals surface area (Å²) in [6, 6.07) is 8.51. The fourth-order valence-corrected chi connectivity index (χ4v) is 3.64. The van der Waals surface area contributed by atoms with E-state index in [1.807, 2.05) is 11.8 Å². The molecule has 2 aliphatic rings. The zero-order valence-corrected chi connectivity index (χ0v) is 13.4. The molecule has 1 aromatic carbocycles. The molecule has 2 aliphatic heterocycles. The first-order valence-corrected chi connectivity index (χ1v) is 8.48. The van der Waals surface area contributed by atoms with E-state index in [0.717, 1.165) is 45.3 Å². The fraction of sp³-hybridized carbons (Fsp3) is 0.611. The molecule has 0 spiro atoms. The maximum Gasteiger partial charge on any atom is 0.222 e. The van der Waals surface area contributed by atoms with Crippen LogP contribution in [0.5, 0.6) is 0 Å². The largest absolute Gasteiger partial charge is 0.391 e. The first kappa shape index (κ1) is 15.3. The van der Waals surface area contributed by atoms with Gasteiger partial charge in [-0.15, -0.1) is 0 Å². The zero-order chi connectivity index (χ0) is 15.5. The van der Waals surface area contributed by atoms with Crippen molar-refractivity contribution in [2.75, 3.05) is 31.1 Å². The van der Waals surface area contributed by atoms with Crippen molar-refractivity contribution in [1.29, 1.82) is 0 Å². The van der Waals surface area contributed by atoms with Crippen LogP contribution < -0.4 is 4.90 Å². The molecule has 1 unspecified atom stereocenters. The molecule has 1 aromatic rings. The monoisotopic (exact) mass is 302 g/mol. The maximum absolute atomic E-state index is 11.8. The lowest BCUT2D eigenvalue weighted by Crippen LogP contribution is -2.32. The Morgan fingerprint density at radius 1 is 1.32 bits per heavy atom. The summed E-state index contributed by atoms with van der Waals surface area (Å²) in [6.07, 6.45) is 3.25. The van der Waals surface area contributed by atoms with Crippen LogP contribution in [0, 0.1) is 0 Å². The summed E-state index contributed by atoms with van der Waals surface area (Å²) in [5, 5.41) is 9.97. The predicted molar refractivity (Wildman–Crippen MR) is 88.1 cm³/mol. The molecule has 0 radical (unpaired) electrons. The number of benzene rings is 1. The summed E-state index contributed by atoms with van der Waals surface area (Å²) in [6.45, 7) is 5.46. The molecule has 2 heterocycles. The van der Waals surface area contributed by atoms with E-state index in [2.05, 4.69) is 29.2 Å². The number of carbonyl (C=O) groups is 1. The van der Waals surface area contributed by atoms with Crippen LogP contribution in [-0.4, -0.2) is 48.2 Å². The Kier molecular flexibility index (Phi) is 4.67. The van der Waals surface area contributed by atoms with E-state index >= 15 is 0 Å². The number of hydrogen-bond acceptors (Lipinski definition) is 3. The quantitative estimate of drug-likeness (QED) is 0.877. The number of nitrogens with zero attached hydrogens (tertiary/aromatic N) is 2. The number of para-hydroxylation sites is 1. The number of likely N-dealkylation sites (tertiary alicyclic amines) is 1. The Balaban J connectivity index is 1.66. The van der Waals surface area contributed by atoms with Crippen LogP contribution in [0.4, 0.5) is 5.69 Å². The highest BCUT2D eigenvalue weighted by atomic mass is 16.3. The Morgan fingerprint density at radius 3 is 2.86 bits per heavy atom. The number of hydrogen-bond donors (Lipinski definition) is 1. The Morgan fingerprint density at radius 2 is 2.14 bits per heavy atom. The topological polar surface area (TPSA) is 43.8 Å². The summed E-state index contributed by atoms with van der Waals surface area (Å²) in [4.78, 5) is 16.1. The molecule has 0 aliphatic carbocycles. The van der Waals surface area contributed by atoms with Crippen molar-refractivity contribution < 1.29 is 9.90 Å². The number of aliphatic hydroxyl groups is 1. The molecule has 3 rings (SSSR count). The van der Waals surface area contributed by atoms with Crippen molar-refractivity contribution in [3.63, 3.8) is 0 Å². The van der Waals surface area contributed by atoms with Gasteiger partial charge in [0.25, 0.3) is 0 Å². The lowest BCUT2D eigenvalue weighted by Gasteiger charge is -2.23. The van der Waals surface area contributed by atoms with Crippen molar-refractivity contribution in [1.82, 2.24) is 4.90 Å². The van der Waals surface area contributed by atoms with E-state index in [1.54, 1.807) is 0 Å². The van der Waals surface area contributed by atoms with E-state index < -0.39 is 0 Å². The number of fused-ring (bicyclic) bond motifs is 1. The molecule has 0 bridgehead atoms. The molecule has 1 saturated heterocycles. The summed E-state index contributed by atoms with van der Waals surface area (Å²) < 4.78 is 0. The SMILES string of the molecule is CC[C@@H](O)CN1CC(CCN2CCCC2=O)c2ccccc21. The number of anilines is 1. The van der Waals surface area contributed by atoms with Gasteiger partial charge >= 0.3 is 0 Å². The third-order valence-corrected chi connectivity index (χ3v) is 4.98. The van der Waals surface area contributed by atoms with E-state index in [1.165, 1.54) is 11.3 Å². The van der Waals surface area contributed by atoms with Gasteiger partial charge in [-0.1, -0.05) is 25.1 Å². The van der Waals surface area contributed by atoms with Crippen molar-refractivity contribution in [3.8, 4) is 0 Å². The van der Waals surface area contributed by atoms with Crippen LogP contribution in [0.2, 0.25) is 0 Å². The number of rotatable bonds is 6. The molecule has 0 saturated carbocycles. The van der Waals surface area contributed by atoms with E-state index in [9.17, 15) is 9.90 Å². The third-order valence-electron chi connectivity index (χ3n) is 4.98. The normalized spacial score (nSPS) is 22.3. The van der Waals surface area contributed by atoms with E-state index in [-0.39, 0.29) is 6.10 Å². The molecule has 1 fully saturated rings. The molecule has 22 heavy (non-hydrogen) atoms. The molecule has 120 valence electrons. The molecule has 4 nitrogen and oxygen atoms in total. The van der Waals surface area contributed by atoms with Gasteiger partial charge < -0.3 is 14.9 Å². The van der Waals surface area contributed by atoms with Gasteiger partial charge in [-0.2, -0.15) is 0 Å². The smallest absolute Gasteiger partial charge is 0.222 e. The Bertz CT molecular complexity index is 532. The highest BCUT2D eigenvalue weighted by molar-refractivity contribution is 5.78. The minimum atomic E-state index is -0.271. The molecular formula is C18H26N2O2. The van der Waals surface area contributed by atoms with Gasteiger partial charge in [0.15, 0.2) is 0 Å². The van der Waals surface area contributed by atoms with Crippen LogP contribution in [0.25, 0.3) is 0 Å². The second-order valence-electron chi connectivity index (χ2n) is 6.50. The highest BCUT2D eigenvalue weighted by Crippen LogP contribution is 2.38. The molecule has 4 heteroatoms. The van der Waals surface area contributed by atoms with E-state index in [0.29, 0.717) is 18.4 Å². The summed E-state index contributed by atoms with van der Waals surface area (Å²) >= 11 is 0. The zero-order valence-electron chi connectivity index (χ0n) is 13.4. The first-order chi connectivity index (χ1) is 10.7. The van der Waals surface area contributed by atoms with Gasteiger partial charge in [0.05, 0.1) is 6.10 Å². The van der Waals surface area contributed by atoms with Gasteiger partial charge in [-0.25, -0.2) is 0 Å². The number of β-amino-alcohol motifs (C(OH)–C–C–N with tert-alkyl or cyclic N) is 1. The van der Waals surface area contributed by atoms with Gasteiger partial charge in [0.2, 0.25) is 5.91 Å². The number of aliphatic hydroxyl groups excluding tert-OH is 1. The van der Waals surface area contributed by atoms with Crippen molar-refractivity contribution in [2.24, 2.45) is 0 Å². The maximum atomic E-state index is 11.8. The van der Waals surface area contributed by atoms with Crippen LogP contribution in [-0.2, 0) is 4.79 Å². The lowest BCUT2D eigenvalue weighted by atomic mass is 9.98. The molecule has 2 atom stereocenters. The average molecular weight is 302 g/mol. The van der Waals surface area contributed by atoms with Gasteiger partial charge in [0.1, 0.15) is 0 Å². The lowest BCUT2D eigenvalue weighted by molar-refractivity contribution is -0.127. The summed E-state index contributed by atoms with van der Waals surface area (Å²) in [5.41, 5.74) is 2.63. The van der Waals surface area contributed by atoms with Crippen LogP contribution in [0.1, 0.15) is 44.1 Å². The standard InChI is InChI=1S/C18H26N2O2/c1-2-15(21)13-20-12-14(16-6-3-4-7-17(16)20)9-11-19-10-5-8-18(19)22/h3-4,6-7,14-15,21H,2,5,8-13H2,1H3/t14?,15-/m1/s1. The predicted octanol–water partition coefficient (Wildman–Crippen LogP) is 2.37. The first-order valence-electron chi connectivity index (χ1n) is 8.48. The molecule has 1 N–H and O–H groups in total. The second kappa shape index (κ2) is 6.69. The molecule has 0 aromatic heterocycles. The number of carbonyl (C=O) groups excluding carboxylic acids is 1. The Labute approximate surface area is 132 Å². The fourth-order valence-electron chi connectivity index (χ4n) is 3.64. The van der Waals surface area contributed by atoms with E-state index in [4.69, 9.17) is 0 Å². The molecular weight excluding hydrogens is 276 g/mol. The highest BCUT2D eigenvalue weighted by Gasteiger charge is 2.30. The van der Waals surface area contributed by atoms with Crippen LogP contribution in [0.3, 0.4) is 0 Å². The third kappa shape index (κ3) is 3.12. The van der Waals surface area contributed by atoms with Crippen LogP contribution in [0.15, 0.2) is 24.3 Å². The number of amides is 1. The summed E-state index contributed by atoms with van der Waals surface area (Å²) in [5.74, 6) is 0.776. The second-order valence-corrected chi connectivity index (χ2v) is 6.50. The summed E-state index contributed by atoms with van der Waals surface area (Å²) in [7, 11) is 0. The minimum absolute atomic E-state index is 0.271. The van der Waals surface area contributed by atoms with Crippen LogP contribution >= 0.6 is 0 Å². The molecule has 1 amide bonds. The minimum Gasteiger partial charge on any atom is -0.391 e.